The van der Waals surface area contributed by atoms with E-state index in [9.17, 15) is 9.59 Å². The Labute approximate surface area is 203 Å². The Morgan fingerprint density at radius 2 is 1.68 bits per heavy atom. The summed E-state index contributed by atoms with van der Waals surface area (Å²) in [5.74, 6) is -0.169. The Morgan fingerprint density at radius 1 is 0.941 bits per heavy atom. The van der Waals surface area contributed by atoms with Gasteiger partial charge in [-0.25, -0.2) is 0 Å². The number of nitrogens with zero attached hydrogens (tertiary/aromatic N) is 3. The third-order valence-electron chi connectivity index (χ3n) is 7.12. The first kappa shape index (κ1) is 24.4. The Hall–Kier alpha value is -2.70. The molecule has 1 amide bonds. The molecular weight excluding hydrogens is 424 g/mol. The first-order valence-corrected chi connectivity index (χ1v) is 12.9. The SMILES string of the molecule is CCN(CC)CCCCN1c2ccccc2NC(=O)c2c(C(=O)CN3CCCCC3)cccc21. The fraction of sp³-hybridized carbons (Fsp3) is 0.500. The van der Waals surface area contributed by atoms with Gasteiger partial charge in [-0.15, -0.1) is 0 Å². The lowest BCUT2D eigenvalue weighted by atomic mass is 9.99. The molecule has 34 heavy (non-hydrogen) atoms. The van der Waals surface area contributed by atoms with E-state index in [1.807, 2.05) is 36.4 Å². The van der Waals surface area contributed by atoms with Gasteiger partial charge in [-0.1, -0.05) is 44.5 Å². The second kappa shape index (κ2) is 11.6. The van der Waals surface area contributed by atoms with Crippen molar-refractivity contribution in [2.45, 2.75) is 46.0 Å². The number of nitrogens with one attached hydrogen (secondary N) is 1. The highest BCUT2D eigenvalue weighted by Gasteiger charge is 2.29. The number of Topliss-reactive ketones (excluding diaryl/α,β-unsaturated/α-hetero) is 1. The van der Waals surface area contributed by atoms with Crippen LogP contribution in [0.5, 0.6) is 0 Å². The van der Waals surface area contributed by atoms with Gasteiger partial charge in [0.1, 0.15) is 0 Å². The molecule has 2 aliphatic heterocycles. The summed E-state index contributed by atoms with van der Waals surface area (Å²) in [6, 6.07) is 13.7. The zero-order valence-electron chi connectivity index (χ0n) is 20.7. The van der Waals surface area contributed by atoms with E-state index < -0.39 is 0 Å². The average Bonchev–Trinajstić information content (AvgIpc) is 2.98. The number of anilines is 3. The number of benzene rings is 2. The Bertz CT molecular complexity index is 996. The van der Waals surface area contributed by atoms with Crippen LogP contribution in [0.3, 0.4) is 0 Å². The normalized spacial score (nSPS) is 16.1. The molecule has 6 heteroatoms. The molecule has 4 rings (SSSR count). The number of ketones is 1. The molecule has 0 aliphatic carbocycles. The number of likely N-dealkylation sites (tertiary alicyclic amines) is 1. The van der Waals surface area contributed by atoms with E-state index in [2.05, 4.69) is 39.9 Å². The molecular formula is C28H38N4O2. The van der Waals surface area contributed by atoms with Crippen LogP contribution in [0.25, 0.3) is 0 Å². The van der Waals surface area contributed by atoms with E-state index in [-0.39, 0.29) is 11.7 Å². The lowest BCUT2D eigenvalue weighted by Crippen LogP contribution is -2.35. The first-order chi connectivity index (χ1) is 16.6. The minimum absolute atomic E-state index is 0.0290. The zero-order chi connectivity index (χ0) is 23.9. The third kappa shape index (κ3) is 5.50. The van der Waals surface area contributed by atoms with Crippen LogP contribution >= 0.6 is 0 Å². The van der Waals surface area contributed by atoms with Crippen molar-refractivity contribution in [3.05, 3.63) is 53.6 Å². The second-order valence-corrected chi connectivity index (χ2v) is 9.32. The molecule has 1 saturated heterocycles. The lowest BCUT2D eigenvalue weighted by molar-refractivity contribution is 0.0906. The van der Waals surface area contributed by atoms with Crippen LogP contribution in [-0.4, -0.2) is 67.3 Å². The maximum absolute atomic E-state index is 13.4. The number of unbranched alkanes of at least 4 members (excludes halogenated alkanes) is 1. The summed E-state index contributed by atoms with van der Waals surface area (Å²) in [4.78, 5) is 33.7. The summed E-state index contributed by atoms with van der Waals surface area (Å²) in [7, 11) is 0. The number of fused-ring (bicyclic) bond motifs is 2. The van der Waals surface area contributed by atoms with Gasteiger partial charge >= 0.3 is 0 Å². The minimum Gasteiger partial charge on any atom is -0.339 e. The molecule has 2 aromatic rings. The topological polar surface area (TPSA) is 55.9 Å². The monoisotopic (exact) mass is 462 g/mol. The molecule has 182 valence electrons. The van der Waals surface area contributed by atoms with Crippen molar-refractivity contribution in [1.29, 1.82) is 0 Å². The van der Waals surface area contributed by atoms with Gasteiger partial charge in [-0.2, -0.15) is 0 Å². The summed E-state index contributed by atoms with van der Waals surface area (Å²) < 4.78 is 0. The van der Waals surface area contributed by atoms with E-state index in [0.29, 0.717) is 17.7 Å². The molecule has 2 heterocycles. The highest BCUT2D eigenvalue weighted by molar-refractivity contribution is 6.18. The van der Waals surface area contributed by atoms with E-state index in [0.717, 1.165) is 82.0 Å². The standard InChI is InChI=1S/C28H38N4O2/c1-3-30(4-2)17-10-11-20-32-24-15-7-6-14-23(24)29-28(34)27-22(13-12-16-25(27)32)26(33)21-31-18-8-5-9-19-31/h6-7,12-16H,3-5,8-11,17-21H2,1-2H3,(H,29,34). The molecule has 0 spiro atoms. The highest BCUT2D eigenvalue weighted by Crippen LogP contribution is 2.39. The fourth-order valence-corrected chi connectivity index (χ4v) is 5.16. The first-order valence-electron chi connectivity index (χ1n) is 12.9. The Kier molecular flexibility index (Phi) is 8.35. The van der Waals surface area contributed by atoms with Crippen molar-refractivity contribution in [3.63, 3.8) is 0 Å². The number of rotatable bonds is 10. The molecule has 1 fully saturated rings. The number of hydrogen-bond donors (Lipinski definition) is 1. The molecule has 2 aromatic carbocycles. The summed E-state index contributed by atoms with van der Waals surface area (Å²) >= 11 is 0. The molecule has 2 aliphatic rings. The highest BCUT2D eigenvalue weighted by atomic mass is 16.2. The third-order valence-corrected chi connectivity index (χ3v) is 7.12. The van der Waals surface area contributed by atoms with Crippen LogP contribution in [0.4, 0.5) is 17.1 Å². The minimum atomic E-state index is -0.198. The number of amides is 1. The smallest absolute Gasteiger partial charge is 0.258 e. The zero-order valence-corrected chi connectivity index (χ0v) is 20.7. The van der Waals surface area contributed by atoms with Gasteiger partial charge < -0.3 is 15.1 Å². The van der Waals surface area contributed by atoms with E-state index in [1.54, 1.807) is 0 Å². The number of carbonyl (C=O) groups is 2. The summed E-state index contributed by atoms with van der Waals surface area (Å²) in [5, 5.41) is 3.08. The molecule has 0 unspecified atom stereocenters. The maximum atomic E-state index is 13.4. The van der Waals surface area contributed by atoms with Crippen LogP contribution in [0, 0.1) is 0 Å². The van der Waals surface area contributed by atoms with Crippen molar-refractivity contribution in [1.82, 2.24) is 9.80 Å². The molecule has 0 aromatic heterocycles. The summed E-state index contributed by atoms with van der Waals surface area (Å²) in [5.41, 5.74) is 3.64. The van der Waals surface area contributed by atoms with Gasteiger partial charge in [0.2, 0.25) is 0 Å². The Balaban J connectivity index is 1.62. The average molecular weight is 463 g/mol. The number of hydrogen-bond acceptors (Lipinski definition) is 5. The van der Waals surface area contributed by atoms with Crippen molar-refractivity contribution in [2.75, 3.05) is 56.0 Å². The number of para-hydroxylation sites is 2. The van der Waals surface area contributed by atoms with Crippen LogP contribution in [-0.2, 0) is 0 Å². The van der Waals surface area contributed by atoms with E-state index >= 15 is 0 Å². The largest absolute Gasteiger partial charge is 0.339 e. The summed E-state index contributed by atoms with van der Waals surface area (Å²) in [6.07, 6.45) is 5.60. The van der Waals surface area contributed by atoms with Gasteiger partial charge in [0, 0.05) is 12.1 Å². The predicted octanol–water partition coefficient (Wildman–Crippen LogP) is 5.18. The van der Waals surface area contributed by atoms with Crippen molar-refractivity contribution >= 4 is 28.8 Å². The molecule has 0 atom stereocenters. The Morgan fingerprint density at radius 3 is 2.44 bits per heavy atom. The van der Waals surface area contributed by atoms with Gasteiger partial charge in [0.05, 0.1) is 29.2 Å². The van der Waals surface area contributed by atoms with Crippen LogP contribution in [0.2, 0.25) is 0 Å². The predicted molar refractivity (Wildman–Crippen MR) is 139 cm³/mol. The number of piperidine rings is 1. The summed E-state index contributed by atoms with van der Waals surface area (Å²) in [6.45, 7) is 10.7. The molecule has 1 N–H and O–H groups in total. The molecule has 0 radical (unpaired) electrons. The van der Waals surface area contributed by atoms with Crippen LogP contribution < -0.4 is 10.2 Å². The quantitative estimate of drug-likeness (QED) is 0.389. The molecule has 6 nitrogen and oxygen atoms in total. The van der Waals surface area contributed by atoms with E-state index in [1.165, 1.54) is 6.42 Å². The fourth-order valence-electron chi connectivity index (χ4n) is 5.16. The van der Waals surface area contributed by atoms with Crippen molar-refractivity contribution < 1.29 is 9.59 Å². The van der Waals surface area contributed by atoms with E-state index in [4.69, 9.17) is 0 Å². The lowest BCUT2D eigenvalue weighted by Gasteiger charge is -2.28. The second-order valence-electron chi connectivity index (χ2n) is 9.32. The van der Waals surface area contributed by atoms with Gasteiger partial charge in [-0.05, 0) is 76.6 Å². The van der Waals surface area contributed by atoms with Gasteiger partial charge in [-0.3, -0.25) is 14.5 Å². The van der Waals surface area contributed by atoms with Crippen LogP contribution in [0.15, 0.2) is 42.5 Å². The van der Waals surface area contributed by atoms with Gasteiger partial charge in [0.15, 0.2) is 5.78 Å². The maximum Gasteiger partial charge on any atom is 0.258 e. The number of carbonyl (C=O) groups excluding carboxylic acids is 2. The molecule has 0 bridgehead atoms. The van der Waals surface area contributed by atoms with Crippen molar-refractivity contribution in [3.8, 4) is 0 Å². The van der Waals surface area contributed by atoms with Crippen molar-refractivity contribution in [2.24, 2.45) is 0 Å². The molecule has 0 saturated carbocycles. The van der Waals surface area contributed by atoms with Gasteiger partial charge in [0.25, 0.3) is 5.91 Å². The van der Waals surface area contributed by atoms with Crippen LogP contribution in [0.1, 0.15) is 66.7 Å².